The van der Waals surface area contributed by atoms with Crippen LogP contribution < -0.4 is 0 Å². The van der Waals surface area contributed by atoms with Crippen molar-refractivity contribution in [3.05, 3.63) is 48.8 Å². The number of methoxy groups -OCH3 is 1. The molecule has 0 aliphatic heterocycles. The zero-order chi connectivity index (χ0) is 35.4. The second kappa shape index (κ2) is 68.1. The maximum absolute atomic E-state index is 5.14. The standard InChI is InChI=1S/C11H18O.C10H22.C5H13N.3C3H8.C3H6.C2H6.CH4/c1-5-7-8-11(12-4)9-10(3)6-2;1-5-9(3)7-8-10(4)6-2;1-5(2)6(3)4;4*1-3-2;1-2;/h7-9H,3,5-6H2,1-2,4H3;9-10H,5-8H2,1-4H3;5H,1-4H3;3*3H2,1-2H3;3H,1H2,2H3;1-2H3;1H4/b8-7+,11-9+;;;;;;;;. The molecule has 0 aromatic rings. The molecule has 0 N–H and O–H groups in total. The van der Waals surface area contributed by atoms with Crippen LogP contribution in [0.1, 0.15) is 183 Å². The van der Waals surface area contributed by atoms with Gasteiger partial charge in [0.2, 0.25) is 0 Å². The van der Waals surface area contributed by atoms with Crippen molar-refractivity contribution >= 4 is 0 Å². The molecule has 268 valence electrons. The van der Waals surface area contributed by atoms with Crippen molar-refractivity contribution in [2.75, 3.05) is 21.2 Å². The Morgan fingerprint density at radius 1 is 0.744 bits per heavy atom. The van der Waals surface area contributed by atoms with Crippen LogP contribution in [0.5, 0.6) is 0 Å². The largest absolute Gasteiger partial charge is 0.497 e. The van der Waals surface area contributed by atoms with Gasteiger partial charge in [0.25, 0.3) is 0 Å². The predicted molar refractivity (Wildman–Crippen MR) is 213 cm³/mol. The molecule has 2 unspecified atom stereocenters. The van der Waals surface area contributed by atoms with Crippen LogP contribution in [0.4, 0.5) is 0 Å². The average molecular weight is 616 g/mol. The topological polar surface area (TPSA) is 12.5 Å². The summed E-state index contributed by atoms with van der Waals surface area (Å²) in [5, 5.41) is 0. The second-order valence-corrected chi connectivity index (χ2v) is 10.8. The Morgan fingerprint density at radius 3 is 1.19 bits per heavy atom. The first-order valence-corrected chi connectivity index (χ1v) is 17.6. The molecule has 0 aliphatic rings. The third kappa shape index (κ3) is 109. The Morgan fingerprint density at radius 2 is 1.02 bits per heavy atom. The van der Waals surface area contributed by atoms with E-state index in [1.807, 2.05) is 32.9 Å². The van der Waals surface area contributed by atoms with Gasteiger partial charge in [0, 0.05) is 6.04 Å². The van der Waals surface area contributed by atoms with Crippen LogP contribution >= 0.6 is 0 Å². The highest BCUT2D eigenvalue weighted by Gasteiger charge is 2.02. The molecule has 0 radical (unpaired) electrons. The van der Waals surface area contributed by atoms with Crippen molar-refractivity contribution < 1.29 is 4.74 Å². The average Bonchev–Trinajstić information content (AvgIpc) is 2.96. The van der Waals surface area contributed by atoms with Crippen molar-refractivity contribution in [2.24, 2.45) is 11.8 Å². The van der Waals surface area contributed by atoms with E-state index in [9.17, 15) is 0 Å². The van der Waals surface area contributed by atoms with Crippen LogP contribution in [-0.2, 0) is 4.74 Å². The lowest BCUT2D eigenvalue weighted by molar-refractivity contribution is 0.306. The highest BCUT2D eigenvalue weighted by atomic mass is 16.5. The number of hydrogen-bond acceptors (Lipinski definition) is 2. The Labute approximate surface area is 279 Å². The molecule has 0 saturated carbocycles. The summed E-state index contributed by atoms with van der Waals surface area (Å²) in [4.78, 5) is 2.17. The van der Waals surface area contributed by atoms with Crippen LogP contribution in [0, 0.1) is 11.8 Å². The molecule has 0 heterocycles. The minimum atomic E-state index is 0. The van der Waals surface area contributed by atoms with Gasteiger partial charge in [-0.05, 0) is 71.7 Å². The van der Waals surface area contributed by atoms with E-state index >= 15 is 0 Å². The molecule has 43 heavy (non-hydrogen) atoms. The summed E-state index contributed by atoms with van der Waals surface area (Å²) < 4.78 is 5.14. The van der Waals surface area contributed by atoms with Gasteiger partial charge in [-0.3, -0.25) is 0 Å². The zero-order valence-electron chi connectivity index (χ0n) is 33.7. The maximum Gasteiger partial charge on any atom is 0.118 e. The maximum atomic E-state index is 5.14. The van der Waals surface area contributed by atoms with Crippen LogP contribution in [0.25, 0.3) is 0 Å². The lowest BCUT2D eigenvalue weighted by Crippen LogP contribution is -2.20. The summed E-state index contributed by atoms with van der Waals surface area (Å²) >= 11 is 0. The minimum absolute atomic E-state index is 0. The number of nitrogens with zero attached hydrogens (tertiary/aromatic N) is 1. The van der Waals surface area contributed by atoms with Crippen molar-refractivity contribution in [3.63, 3.8) is 0 Å². The Balaban J connectivity index is -0.0000000479. The quantitative estimate of drug-likeness (QED) is 0.130. The van der Waals surface area contributed by atoms with Gasteiger partial charge < -0.3 is 9.64 Å². The first kappa shape index (κ1) is 64.6. The first-order chi connectivity index (χ1) is 19.7. The van der Waals surface area contributed by atoms with E-state index in [2.05, 4.69) is 135 Å². The van der Waals surface area contributed by atoms with E-state index in [4.69, 9.17) is 4.74 Å². The van der Waals surface area contributed by atoms with Gasteiger partial charge in [0.05, 0.1) is 7.11 Å². The van der Waals surface area contributed by atoms with Crippen molar-refractivity contribution in [1.29, 1.82) is 0 Å². The van der Waals surface area contributed by atoms with Gasteiger partial charge >= 0.3 is 0 Å². The van der Waals surface area contributed by atoms with Crippen molar-refractivity contribution in [2.45, 2.75) is 189 Å². The Kier molecular flexibility index (Phi) is 102. The fourth-order valence-electron chi connectivity index (χ4n) is 1.69. The summed E-state index contributed by atoms with van der Waals surface area (Å²) in [6, 6.07) is 0.685. The first-order valence-electron chi connectivity index (χ1n) is 17.6. The smallest absolute Gasteiger partial charge is 0.118 e. The van der Waals surface area contributed by atoms with Crippen LogP contribution in [-0.4, -0.2) is 32.1 Å². The summed E-state index contributed by atoms with van der Waals surface area (Å²) in [7, 11) is 5.82. The van der Waals surface area contributed by atoms with E-state index in [0.717, 1.165) is 36.0 Å². The van der Waals surface area contributed by atoms with Gasteiger partial charge in [-0.2, -0.15) is 0 Å². The van der Waals surface area contributed by atoms with E-state index in [1.165, 1.54) is 44.9 Å². The molecular formula is C41H93NO. The molecule has 0 amide bonds. The minimum Gasteiger partial charge on any atom is -0.497 e. The zero-order valence-corrected chi connectivity index (χ0v) is 33.7. The van der Waals surface area contributed by atoms with E-state index < -0.39 is 0 Å². The Hall–Kier alpha value is -1.28. The molecular weight excluding hydrogens is 522 g/mol. The fourth-order valence-corrected chi connectivity index (χ4v) is 1.69. The predicted octanol–water partition coefficient (Wildman–Crippen LogP) is 15.4. The molecule has 0 saturated heterocycles. The Bertz CT molecular complexity index is 453. The molecule has 0 aromatic heterocycles. The monoisotopic (exact) mass is 616 g/mol. The van der Waals surface area contributed by atoms with Gasteiger partial charge in [0.1, 0.15) is 5.76 Å². The summed E-state index contributed by atoms with van der Waals surface area (Å²) in [5.74, 6) is 2.76. The summed E-state index contributed by atoms with van der Waals surface area (Å²) in [5.41, 5.74) is 1.09. The molecule has 0 aliphatic carbocycles. The van der Waals surface area contributed by atoms with Crippen LogP contribution in [0.15, 0.2) is 48.8 Å². The summed E-state index contributed by atoms with van der Waals surface area (Å²) in [6.45, 7) is 43.6. The molecule has 0 bridgehead atoms. The molecule has 0 spiro atoms. The van der Waals surface area contributed by atoms with E-state index in [0.29, 0.717) is 6.04 Å². The summed E-state index contributed by atoms with van der Waals surface area (Å²) in [6.07, 6.45) is 19.0. The third-order valence-electron chi connectivity index (χ3n) is 5.13. The molecule has 2 heteroatoms. The van der Waals surface area contributed by atoms with E-state index in [-0.39, 0.29) is 7.43 Å². The number of ether oxygens (including phenoxy) is 1. The van der Waals surface area contributed by atoms with Crippen LogP contribution in [0.3, 0.4) is 0 Å². The number of rotatable bonds is 11. The highest BCUT2D eigenvalue weighted by Crippen LogP contribution is 2.16. The molecule has 2 atom stereocenters. The molecule has 0 aromatic carbocycles. The van der Waals surface area contributed by atoms with Gasteiger partial charge in [0.15, 0.2) is 0 Å². The number of allylic oxidation sites excluding steroid dienone is 5. The highest BCUT2D eigenvalue weighted by molar-refractivity contribution is 5.23. The third-order valence-corrected chi connectivity index (χ3v) is 5.13. The molecule has 0 rings (SSSR count). The second-order valence-electron chi connectivity index (χ2n) is 10.8. The normalized spacial score (nSPS) is 10.5. The van der Waals surface area contributed by atoms with Gasteiger partial charge in [-0.1, -0.05) is 174 Å². The molecule has 0 fully saturated rings. The SMILES string of the molecule is C.C=C(/C=C(\C=C\CC)OC)CC.C=CC.CC.CC(C)N(C)C.CCC.CCC.CCC.CCC(C)CCC(C)CC. The lowest BCUT2D eigenvalue weighted by Gasteiger charge is -2.12. The number of hydrogen-bond donors (Lipinski definition) is 0. The fraction of sp³-hybridized carbons (Fsp3) is 0.805. The van der Waals surface area contributed by atoms with Crippen LogP contribution in [0.2, 0.25) is 0 Å². The van der Waals surface area contributed by atoms with E-state index in [1.54, 1.807) is 13.2 Å². The van der Waals surface area contributed by atoms with Crippen molar-refractivity contribution in [3.8, 4) is 0 Å². The van der Waals surface area contributed by atoms with Gasteiger partial charge in [-0.25, -0.2) is 0 Å². The van der Waals surface area contributed by atoms with Crippen molar-refractivity contribution in [1.82, 2.24) is 4.90 Å². The van der Waals surface area contributed by atoms with Gasteiger partial charge in [-0.15, -0.1) is 6.58 Å². The molecule has 2 nitrogen and oxygen atoms in total. The lowest BCUT2D eigenvalue weighted by atomic mass is 9.95.